The van der Waals surface area contributed by atoms with Crippen molar-refractivity contribution >= 4 is 35.5 Å². The molecular formula is C12H21N3O6S. The average molecular weight is 335 g/mol. The number of carbonyl (C=O) groups is 4. The largest absolute Gasteiger partial charge is 0.481 e. The van der Waals surface area contributed by atoms with Gasteiger partial charge >= 0.3 is 11.9 Å². The summed E-state index contributed by atoms with van der Waals surface area (Å²) in [5, 5.41) is 22.3. The van der Waals surface area contributed by atoms with Crippen LogP contribution >= 0.6 is 11.8 Å². The Kier molecular flexibility index (Phi) is 9.96. The molecule has 0 bridgehead atoms. The summed E-state index contributed by atoms with van der Waals surface area (Å²) in [6, 6.07) is -2.23. The third kappa shape index (κ3) is 8.47. The molecule has 0 aliphatic carbocycles. The molecule has 0 saturated carbocycles. The fourth-order valence-corrected chi connectivity index (χ4v) is 2.03. The van der Waals surface area contributed by atoms with Gasteiger partial charge in [0.25, 0.3) is 0 Å². The highest BCUT2D eigenvalue weighted by molar-refractivity contribution is 7.98. The highest BCUT2D eigenvalue weighted by Gasteiger charge is 2.26. The van der Waals surface area contributed by atoms with E-state index in [4.69, 9.17) is 15.9 Å². The van der Waals surface area contributed by atoms with Gasteiger partial charge in [-0.1, -0.05) is 0 Å². The van der Waals surface area contributed by atoms with Crippen LogP contribution in [0.3, 0.4) is 0 Å². The molecule has 126 valence electrons. The number of carboxylic acids is 2. The molecule has 0 aromatic heterocycles. The molecule has 0 spiro atoms. The summed E-state index contributed by atoms with van der Waals surface area (Å²) in [7, 11) is 0. The lowest BCUT2D eigenvalue weighted by molar-refractivity contribution is -0.143. The van der Waals surface area contributed by atoms with E-state index in [1.807, 2.05) is 0 Å². The van der Waals surface area contributed by atoms with Crippen LogP contribution in [0, 0.1) is 0 Å². The molecule has 0 radical (unpaired) electrons. The van der Waals surface area contributed by atoms with Crippen molar-refractivity contribution in [2.75, 3.05) is 18.6 Å². The Morgan fingerprint density at radius 3 is 2.18 bits per heavy atom. The van der Waals surface area contributed by atoms with Gasteiger partial charge in [0.1, 0.15) is 12.1 Å². The van der Waals surface area contributed by atoms with Crippen molar-refractivity contribution in [3.63, 3.8) is 0 Å². The molecule has 9 nitrogen and oxygen atoms in total. The van der Waals surface area contributed by atoms with Gasteiger partial charge in [0.15, 0.2) is 0 Å². The van der Waals surface area contributed by atoms with Crippen molar-refractivity contribution in [3.8, 4) is 0 Å². The zero-order valence-electron chi connectivity index (χ0n) is 12.2. The highest BCUT2D eigenvalue weighted by atomic mass is 32.2. The quantitative estimate of drug-likeness (QED) is 0.309. The first kappa shape index (κ1) is 20.2. The average Bonchev–Trinajstić information content (AvgIpc) is 2.46. The maximum atomic E-state index is 12.1. The first-order chi connectivity index (χ1) is 10.3. The Hall–Kier alpha value is -1.81. The fraction of sp³-hybridized carbons (Fsp3) is 0.667. The summed E-state index contributed by atoms with van der Waals surface area (Å²) in [5.74, 6) is -3.15. The Morgan fingerprint density at radius 2 is 1.73 bits per heavy atom. The number of thioether (sulfide) groups is 1. The number of hydrogen-bond donors (Lipinski definition) is 5. The normalized spacial score (nSPS) is 13.0. The van der Waals surface area contributed by atoms with Crippen LogP contribution in [-0.2, 0) is 19.2 Å². The van der Waals surface area contributed by atoms with E-state index >= 15 is 0 Å². The number of nitrogens with two attached hydrogens (primary N) is 1. The van der Waals surface area contributed by atoms with E-state index in [1.54, 1.807) is 6.26 Å². The molecule has 0 rings (SSSR count). The summed E-state index contributed by atoms with van der Waals surface area (Å²) in [6.07, 6.45) is 1.53. The molecular weight excluding hydrogens is 314 g/mol. The van der Waals surface area contributed by atoms with E-state index in [0.717, 1.165) is 0 Å². The summed E-state index contributed by atoms with van der Waals surface area (Å²) in [4.78, 5) is 45.0. The molecule has 0 aliphatic rings. The van der Waals surface area contributed by atoms with Crippen molar-refractivity contribution in [1.82, 2.24) is 10.6 Å². The topological polar surface area (TPSA) is 159 Å². The molecule has 2 amide bonds. The zero-order valence-corrected chi connectivity index (χ0v) is 13.0. The van der Waals surface area contributed by atoms with Crippen LogP contribution < -0.4 is 16.4 Å². The lowest BCUT2D eigenvalue weighted by atomic mass is 10.1. The number of carboxylic acid groups (broad SMARTS) is 2. The molecule has 10 heteroatoms. The maximum absolute atomic E-state index is 12.1. The summed E-state index contributed by atoms with van der Waals surface area (Å²) < 4.78 is 0. The van der Waals surface area contributed by atoms with Crippen molar-refractivity contribution in [1.29, 1.82) is 0 Å². The van der Waals surface area contributed by atoms with Gasteiger partial charge in [-0.25, -0.2) is 4.79 Å². The second kappa shape index (κ2) is 10.9. The Morgan fingerprint density at radius 1 is 1.09 bits per heavy atom. The first-order valence-electron chi connectivity index (χ1n) is 6.55. The second-order valence-electron chi connectivity index (χ2n) is 4.44. The van der Waals surface area contributed by atoms with Gasteiger partial charge in [0, 0.05) is 6.42 Å². The molecule has 2 atom stereocenters. The van der Waals surface area contributed by atoms with Crippen LogP contribution in [0.4, 0.5) is 0 Å². The Bertz CT molecular complexity index is 418. The molecule has 22 heavy (non-hydrogen) atoms. The monoisotopic (exact) mass is 335 g/mol. The molecule has 0 heterocycles. The number of nitrogens with one attached hydrogen (secondary N) is 2. The predicted molar refractivity (Wildman–Crippen MR) is 80.4 cm³/mol. The second-order valence-corrected chi connectivity index (χ2v) is 5.42. The third-order valence-electron chi connectivity index (χ3n) is 2.71. The number of rotatable bonds is 11. The van der Waals surface area contributed by atoms with Crippen LogP contribution in [-0.4, -0.2) is 64.6 Å². The lowest BCUT2D eigenvalue weighted by Crippen LogP contribution is -2.52. The SMILES string of the molecule is CSCCC(NC(=O)C(CCC(=O)O)NC(=O)CN)C(=O)O. The summed E-state index contributed by atoms with van der Waals surface area (Å²) >= 11 is 1.43. The lowest BCUT2D eigenvalue weighted by Gasteiger charge is -2.20. The fourth-order valence-electron chi connectivity index (χ4n) is 1.56. The van der Waals surface area contributed by atoms with Gasteiger partial charge in [-0.05, 0) is 24.9 Å². The van der Waals surface area contributed by atoms with Gasteiger partial charge in [-0.3, -0.25) is 14.4 Å². The number of carbonyl (C=O) groups excluding carboxylic acids is 2. The standard InChI is InChI=1S/C12H21N3O6S/c1-22-5-4-8(12(20)21)15-11(19)7(2-3-10(17)18)14-9(16)6-13/h7-8H,2-6,13H2,1H3,(H,14,16)(H,15,19)(H,17,18)(H,20,21). The smallest absolute Gasteiger partial charge is 0.326 e. The molecule has 0 aliphatic heterocycles. The van der Waals surface area contributed by atoms with Crippen molar-refractivity contribution in [3.05, 3.63) is 0 Å². The van der Waals surface area contributed by atoms with E-state index in [9.17, 15) is 19.2 Å². The number of amides is 2. The van der Waals surface area contributed by atoms with E-state index in [1.165, 1.54) is 11.8 Å². The van der Waals surface area contributed by atoms with Crippen molar-refractivity contribution in [2.24, 2.45) is 5.73 Å². The summed E-state index contributed by atoms with van der Waals surface area (Å²) in [6.45, 7) is -0.355. The van der Waals surface area contributed by atoms with Crippen molar-refractivity contribution < 1.29 is 29.4 Å². The minimum atomic E-state index is -1.19. The van der Waals surface area contributed by atoms with Crippen LogP contribution in [0.25, 0.3) is 0 Å². The van der Waals surface area contributed by atoms with Crippen molar-refractivity contribution in [2.45, 2.75) is 31.3 Å². The number of aliphatic carboxylic acids is 2. The molecule has 0 aromatic carbocycles. The van der Waals surface area contributed by atoms with Gasteiger partial charge in [-0.15, -0.1) is 0 Å². The van der Waals surface area contributed by atoms with Gasteiger partial charge in [0.2, 0.25) is 11.8 Å². The molecule has 0 fully saturated rings. The van der Waals surface area contributed by atoms with Crippen LogP contribution in [0.5, 0.6) is 0 Å². The van der Waals surface area contributed by atoms with E-state index in [0.29, 0.717) is 5.75 Å². The zero-order chi connectivity index (χ0) is 17.1. The summed E-state index contributed by atoms with van der Waals surface area (Å²) in [5.41, 5.74) is 5.13. The molecule has 2 unspecified atom stereocenters. The Labute approximate surface area is 132 Å². The van der Waals surface area contributed by atoms with Crippen LogP contribution in [0.1, 0.15) is 19.3 Å². The maximum Gasteiger partial charge on any atom is 0.326 e. The molecule has 0 saturated heterocycles. The first-order valence-corrected chi connectivity index (χ1v) is 7.94. The van der Waals surface area contributed by atoms with Crippen LogP contribution in [0.15, 0.2) is 0 Å². The van der Waals surface area contributed by atoms with Gasteiger partial charge in [0.05, 0.1) is 6.54 Å². The van der Waals surface area contributed by atoms with Crippen LogP contribution in [0.2, 0.25) is 0 Å². The molecule has 0 aromatic rings. The van der Waals surface area contributed by atoms with E-state index < -0.39 is 35.8 Å². The molecule has 6 N–H and O–H groups in total. The third-order valence-corrected chi connectivity index (χ3v) is 3.35. The number of hydrogen-bond acceptors (Lipinski definition) is 6. The van der Waals surface area contributed by atoms with Gasteiger partial charge in [-0.2, -0.15) is 11.8 Å². The highest BCUT2D eigenvalue weighted by Crippen LogP contribution is 2.04. The minimum absolute atomic E-state index is 0.151. The Balaban J connectivity index is 4.79. The van der Waals surface area contributed by atoms with E-state index in [2.05, 4.69) is 10.6 Å². The van der Waals surface area contributed by atoms with Gasteiger partial charge < -0.3 is 26.6 Å². The minimum Gasteiger partial charge on any atom is -0.481 e. The van der Waals surface area contributed by atoms with E-state index in [-0.39, 0.29) is 25.8 Å². The predicted octanol–water partition coefficient (Wildman–Crippen LogP) is -1.38.